The number of nitrogens with one attached hydrogen (secondary N) is 1. The van der Waals surface area contributed by atoms with Gasteiger partial charge >= 0.3 is 0 Å². The molecule has 0 aromatic heterocycles. The van der Waals surface area contributed by atoms with Crippen LogP contribution >= 0.6 is 0 Å². The first-order valence-corrected chi connectivity index (χ1v) is 10.7. The van der Waals surface area contributed by atoms with E-state index in [9.17, 15) is 5.11 Å². The Morgan fingerprint density at radius 2 is 1.97 bits per heavy atom. The van der Waals surface area contributed by atoms with E-state index in [1.165, 1.54) is 11.1 Å². The van der Waals surface area contributed by atoms with E-state index in [1.54, 1.807) is 6.07 Å². The van der Waals surface area contributed by atoms with Crippen LogP contribution in [0.1, 0.15) is 50.4 Å². The number of ether oxygens (including phenoxy) is 1. The minimum atomic E-state index is -0.0624. The van der Waals surface area contributed by atoms with E-state index in [4.69, 9.17) is 9.84 Å². The topological polar surface area (TPSA) is 60.3 Å². The highest BCUT2D eigenvalue weighted by atomic mass is 16.5. The number of rotatable bonds is 5. The van der Waals surface area contributed by atoms with Crippen molar-refractivity contribution in [2.75, 3.05) is 19.8 Å². The van der Waals surface area contributed by atoms with Crippen LogP contribution in [0.25, 0.3) is 0 Å². The van der Waals surface area contributed by atoms with E-state index in [0.717, 1.165) is 36.7 Å². The third-order valence-electron chi connectivity index (χ3n) is 5.86. The fourth-order valence-corrected chi connectivity index (χ4v) is 4.40. The normalized spacial score (nSPS) is 17.9. The zero-order valence-corrected chi connectivity index (χ0v) is 18.4. The van der Waals surface area contributed by atoms with Crippen LogP contribution in [0.5, 0.6) is 11.5 Å². The van der Waals surface area contributed by atoms with Gasteiger partial charge in [-0.05, 0) is 63.4 Å². The molecule has 0 spiro atoms. The maximum atomic E-state index is 10.0. The highest BCUT2D eigenvalue weighted by Crippen LogP contribution is 2.37. The van der Waals surface area contributed by atoms with Crippen molar-refractivity contribution >= 4 is 5.84 Å². The molecule has 2 aliphatic heterocycles. The van der Waals surface area contributed by atoms with E-state index in [-0.39, 0.29) is 11.6 Å². The van der Waals surface area contributed by atoms with Gasteiger partial charge in [0.1, 0.15) is 24.0 Å². The first-order chi connectivity index (χ1) is 14.4. The molecule has 6 nitrogen and oxygen atoms in total. The molecule has 6 heteroatoms. The standard InChI is InChI=1S/C24H32N4O2/c1-5-30-21-9-7-6-8-20(21)22(23-26-25-16-28(23)24(2,3)4)27-13-12-17-10-11-19(29)14-18(17)15-27/h6-11,14,22,25,29H,5,12-13,15-16H2,1-4H3. The Balaban J connectivity index is 1.77. The number of fused-ring (bicyclic) bond motifs is 1. The average Bonchev–Trinajstić information content (AvgIpc) is 3.19. The SMILES string of the molecule is CCOc1ccccc1C(C1=NNCN1C(C)(C)C)N1CCc2ccc(O)cc2C1. The smallest absolute Gasteiger partial charge is 0.148 e. The summed E-state index contributed by atoms with van der Waals surface area (Å²) in [6.07, 6.45) is 0.944. The highest BCUT2D eigenvalue weighted by Gasteiger charge is 2.39. The molecular weight excluding hydrogens is 376 g/mol. The summed E-state index contributed by atoms with van der Waals surface area (Å²) >= 11 is 0. The molecule has 2 N–H and O–H groups in total. The molecule has 30 heavy (non-hydrogen) atoms. The molecule has 0 radical (unpaired) electrons. The Kier molecular flexibility index (Phi) is 5.60. The number of nitrogens with zero attached hydrogens (tertiary/aromatic N) is 3. The summed E-state index contributed by atoms with van der Waals surface area (Å²) in [6.45, 7) is 11.6. The Labute approximate surface area is 179 Å². The van der Waals surface area contributed by atoms with Crippen LogP contribution in [-0.4, -0.2) is 46.1 Å². The van der Waals surface area contributed by atoms with Crippen LogP contribution in [0.2, 0.25) is 0 Å². The van der Waals surface area contributed by atoms with E-state index < -0.39 is 0 Å². The van der Waals surface area contributed by atoms with Crippen LogP contribution in [0.3, 0.4) is 0 Å². The van der Waals surface area contributed by atoms with E-state index in [2.05, 4.69) is 48.1 Å². The van der Waals surface area contributed by atoms with Gasteiger partial charge in [-0.3, -0.25) is 10.3 Å². The van der Waals surface area contributed by atoms with Crippen LogP contribution in [-0.2, 0) is 13.0 Å². The number of phenols is 1. The number of hydrogen-bond donors (Lipinski definition) is 2. The monoisotopic (exact) mass is 408 g/mol. The molecule has 4 rings (SSSR count). The van der Waals surface area contributed by atoms with Gasteiger partial charge in [0.25, 0.3) is 0 Å². The lowest BCUT2D eigenvalue weighted by Gasteiger charge is -2.42. The first kappa shape index (κ1) is 20.5. The van der Waals surface area contributed by atoms with Gasteiger partial charge in [0.15, 0.2) is 0 Å². The molecule has 2 aliphatic rings. The third kappa shape index (κ3) is 3.97. The number of para-hydroxylation sites is 1. The van der Waals surface area contributed by atoms with Gasteiger partial charge in [-0.15, -0.1) is 0 Å². The van der Waals surface area contributed by atoms with Crippen LogP contribution in [0.15, 0.2) is 47.6 Å². The van der Waals surface area contributed by atoms with Crippen molar-refractivity contribution in [3.63, 3.8) is 0 Å². The molecule has 0 amide bonds. The molecule has 0 saturated carbocycles. The second-order valence-electron chi connectivity index (χ2n) is 8.93. The predicted octanol–water partition coefficient (Wildman–Crippen LogP) is 3.87. The Bertz CT molecular complexity index is 935. The number of benzene rings is 2. The van der Waals surface area contributed by atoms with Gasteiger partial charge in [0, 0.05) is 24.2 Å². The minimum absolute atomic E-state index is 0.0440. The fourth-order valence-electron chi connectivity index (χ4n) is 4.40. The third-order valence-corrected chi connectivity index (χ3v) is 5.86. The lowest BCUT2D eigenvalue weighted by Crippen LogP contribution is -2.50. The summed E-state index contributed by atoms with van der Waals surface area (Å²) in [5, 5.41) is 14.8. The highest BCUT2D eigenvalue weighted by molar-refractivity contribution is 5.90. The van der Waals surface area contributed by atoms with Crippen LogP contribution in [0, 0.1) is 0 Å². The van der Waals surface area contributed by atoms with Crippen LogP contribution in [0.4, 0.5) is 0 Å². The summed E-state index contributed by atoms with van der Waals surface area (Å²) in [5.41, 5.74) is 6.75. The summed E-state index contributed by atoms with van der Waals surface area (Å²) in [6, 6.07) is 13.9. The molecule has 2 aromatic carbocycles. The van der Waals surface area contributed by atoms with Crippen molar-refractivity contribution in [1.29, 1.82) is 0 Å². The van der Waals surface area contributed by atoms with E-state index >= 15 is 0 Å². The van der Waals surface area contributed by atoms with Gasteiger partial charge < -0.3 is 14.7 Å². The van der Waals surface area contributed by atoms with Crippen molar-refractivity contribution in [3.8, 4) is 11.5 Å². The molecule has 2 aromatic rings. The van der Waals surface area contributed by atoms with Gasteiger partial charge in [-0.1, -0.05) is 24.3 Å². The minimum Gasteiger partial charge on any atom is -0.508 e. The Morgan fingerprint density at radius 1 is 1.17 bits per heavy atom. The second-order valence-corrected chi connectivity index (χ2v) is 8.93. The molecule has 0 saturated heterocycles. The van der Waals surface area contributed by atoms with Crippen molar-refractivity contribution in [3.05, 3.63) is 59.2 Å². The Hall–Kier alpha value is -2.73. The van der Waals surface area contributed by atoms with Gasteiger partial charge in [0.05, 0.1) is 12.6 Å². The lowest BCUT2D eigenvalue weighted by molar-refractivity contribution is 0.182. The molecule has 0 fully saturated rings. The van der Waals surface area contributed by atoms with Gasteiger partial charge in [-0.25, -0.2) is 0 Å². The molecule has 1 atom stereocenters. The zero-order chi connectivity index (χ0) is 21.3. The number of hydrogen-bond acceptors (Lipinski definition) is 6. The number of phenolic OH excluding ortho intramolecular Hbond substituents is 1. The largest absolute Gasteiger partial charge is 0.508 e. The summed E-state index contributed by atoms with van der Waals surface area (Å²) < 4.78 is 6.02. The van der Waals surface area contributed by atoms with Crippen LogP contribution < -0.4 is 10.2 Å². The van der Waals surface area contributed by atoms with Crippen molar-refractivity contribution < 1.29 is 9.84 Å². The summed E-state index contributed by atoms with van der Waals surface area (Å²) in [5.74, 6) is 2.23. The van der Waals surface area contributed by atoms with Crippen molar-refractivity contribution in [2.24, 2.45) is 5.10 Å². The van der Waals surface area contributed by atoms with Gasteiger partial charge in [-0.2, -0.15) is 5.10 Å². The first-order valence-electron chi connectivity index (χ1n) is 10.7. The van der Waals surface area contributed by atoms with E-state index in [0.29, 0.717) is 19.0 Å². The summed E-state index contributed by atoms with van der Waals surface area (Å²) in [4.78, 5) is 4.78. The number of amidine groups is 1. The van der Waals surface area contributed by atoms with Crippen molar-refractivity contribution in [2.45, 2.75) is 52.2 Å². The molecule has 160 valence electrons. The molecule has 1 unspecified atom stereocenters. The molecule has 0 aliphatic carbocycles. The quantitative estimate of drug-likeness (QED) is 0.787. The molecule has 0 bridgehead atoms. The molecular formula is C24H32N4O2. The van der Waals surface area contributed by atoms with Gasteiger partial charge in [0.2, 0.25) is 0 Å². The number of aromatic hydroxyl groups is 1. The Morgan fingerprint density at radius 3 is 2.73 bits per heavy atom. The zero-order valence-electron chi connectivity index (χ0n) is 18.4. The van der Waals surface area contributed by atoms with E-state index in [1.807, 2.05) is 31.2 Å². The fraction of sp³-hybridized carbons (Fsp3) is 0.458. The number of hydrazone groups is 1. The average molecular weight is 409 g/mol. The lowest BCUT2D eigenvalue weighted by atomic mass is 9.94. The predicted molar refractivity (Wildman–Crippen MR) is 120 cm³/mol. The maximum Gasteiger partial charge on any atom is 0.148 e. The molecule has 2 heterocycles. The maximum absolute atomic E-state index is 10.0. The second kappa shape index (κ2) is 8.19. The summed E-state index contributed by atoms with van der Waals surface area (Å²) in [7, 11) is 0. The van der Waals surface area contributed by atoms with Crippen molar-refractivity contribution in [1.82, 2.24) is 15.2 Å².